The molecule has 3 aromatic rings. The van der Waals surface area contributed by atoms with Gasteiger partial charge in [-0.25, -0.2) is 9.97 Å². The van der Waals surface area contributed by atoms with Crippen LogP contribution in [0.15, 0.2) is 65.7 Å². The number of aliphatic imine (C=N–C) groups is 1. The third-order valence-corrected chi connectivity index (χ3v) is 4.29. The first-order valence-corrected chi connectivity index (χ1v) is 9.93. The molecule has 7 nitrogen and oxygen atoms in total. The monoisotopic (exact) mass is 420 g/mol. The number of para-hydroxylation sites is 1. The summed E-state index contributed by atoms with van der Waals surface area (Å²) in [4.78, 5) is 13.4. The number of nitrogens with zero attached hydrogens (tertiary/aromatic N) is 3. The predicted molar refractivity (Wildman–Crippen MR) is 125 cm³/mol. The van der Waals surface area contributed by atoms with Crippen molar-refractivity contribution in [1.82, 2.24) is 15.3 Å². The summed E-state index contributed by atoms with van der Waals surface area (Å²) in [6, 6.07) is 18.6. The van der Waals surface area contributed by atoms with Crippen LogP contribution >= 0.6 is 12.2 Å². The fraction of sp³-hybridized carbons (Fsp3) is 0.182. The minimum atomic E-state index is 0.246. The first-order chi connectivity index (χ1) is 14.5. The molecule has 0 saturated heterocycles. The fourth-order valence-corrected chi connectivity index (χ4v) is 2.96. The van der Waals surface area contributed by atoms with Crippen molar-refractivity contribution in [2.45, 2.75) is 20.3 Å². The number of thiocarbonyl (C=S) groups is 1. The van der Waals surface area contributed by atoms with Crippen molar-refractivity contribution in [2.24, 2.45) is 4.99 Å². The molecule has 0 radical (unpaired) electrons. The number of hydrogen-bond donors (Lipinski definition) is 4. The van der Waals surface area contributed by atoms with Gasteiger partial charge in [-0.1, -0.05) is 30.3 Å². The van der Waals surface area contributed by atoms with E-state index in [4.69, 9.17) is 12.2 Å². The second-order valence-electron chi connectivity index (χ2n) is 6.69. The number of anilines is 2. The molecule has 0 saturated carbocycles. The van der Waals surface area contributed by atoms with Gasteiger partial charge in [-0.15, -0.1) is 0 Å². The Morgan fingerprint density at radius 2 is 1.63 bits per heavy atom. The van der Waals surface area contributed by atoms with Crippen molar-refractivity contribution in [2.75, 3.05) is 17.2 Å². The topological polar surface area (TPSA) is 94.5 Å². The Hall–Kier alpha value is -3.52. The third-order valence-electron chi connectivity index (χ3n) is 4.08. The lowest BCUT2D eigenvalue weighted by Gasteiger charge is -2.14. The molecule has 3 rings (SSSR count). The van der Waals surface area contributed by atoms with Gasteiger partial charge in [0.25, 0.3) is 0 Å². The van der Waals surface area contributed by atoms with Gasteiger partial charge in [-0.2, -0.15) is 0 Å². The number of rotatable bonds is 5. The molecule has 1 aromatic heterocycles. The molecular formula is C22H24N6OS. The van der Waals surface area contributed by atoms with E-state index in [1.54, 1.807) is 12.1 Å². The Morgan fingerprint density at radius 1 is 0.967 bits per heavy atom. The molecular weight excluding hydrogens is 396 g/mol. The minimum absolute atomic E-state index is 0.246. The molecule has 0 atom stereocenters. The van der Waals surface area contributed by atoms with Gasteiger partial charge in [-0.3, -0.25) is 10.3 Å². The van der Waals surface area contributed by atoms with Crippen molar-refractivity contribution < 1.29 is 5.11 Å². The van der Waals surface area contributed by atoms with Crippen LogP contribution in [0.2, 0.25) is 0 Å². The first kappa shape index (κ1) is 21.2. The first-order valence-electron chi connectivity index (χ1n) is 9.52. The normalized spacial score (nSPS) is 11.1. The standard InChI is InChI=1S/C22H24N6OS/c1-15-14-16(2)25-21(24-15)27-20(23-13-12-17-8-10-19(29)11-9-17)28-22(30)26-18-6-4-3-5-7-18/h3-11,14,29H,12-13H2,1-2H3,(H3,23,24,25,26,27,28,30). The Bertz CT molecular complexity index is 1000. The van der Waals surface area contributed by atoms with Gasteiger partial charge < -0.3 is 15.7 Å². The predicted octanol–water partition coefficient (Wildman–Crippen LogP) is 3.80. The van der Waals surface area contributed by atoms with Crippen LogP contribution in [0, 0.1) is 13.8 Å². The molecule has 0 aliphatic carbocycles. The summed E-state index contributed by atoms with van der Waals surface area (Å²) in [5.41, 5.74) is 3.67. The van der Waals surface area contributed by atoms with Crippen LogP contribution in [0.1, 0.15) is 17.0 Å². The van der Waals surface area contributed by atoms with Gasteiger partial charge in [0.2, 0.25) is 11.9 Å². The molecule has 154 valence electrons. The SMILES string of the molecule is Cc1cc(C)nc(NC(=NCCc2ccc(O)cc2)NC(=S)Nc2ccccc2)n1. The number of nitrogens with one attached hydrogen (secondary N) is 3. The molecule has 1 heterocycles. The van der Waals surface area contributed by atoms with Gasteiger partial charge in [0.15, 0.2) is 5.11 Å². The second-order valence-corrected chi connectivity index (χ2v) is 7.10. The van der Waals surface area contributed by atoms with Gasteiger partial charge in [0.05, 0.1) is 0 Å². The number of hydrogen-bond acceptors (Lipinski definition) is 5. The molecule has 0 aliphatic heterocycles. The number of phenols is 1. The zero-order chi connectivity index (χ0) is 21.3. The molecule has 0 bridgehead atoms. The van der Waals surface area contributed by atoms with Crippen LogP contribution in [0.5, 0.6) is 5.75 Å². The van der Waals surface area contributed by atoms with Gasteiger partial charge in [0, 0.05) is 23.6 Å². The van der Waals surface area contributed by atoms with Crippen LogP contribution in [0.3, 0.4) is 0 Å². The van der Waals surface area contributed by atoms with E-state index in [0.29, 0.717) is 30.0 Å². The molecule has 0 spiro atoms. The molecule has 30 heavy (non-hydrogen) atoms. The average molecular weight is 421 g/mol. The average Bonchev–Trinajstić information content (AvgIpc) is 2.69. The summed E-state index contributed by atoms with van der Waals surface area (Å²) in [7, 11) is 0. The summed E-state index contributed by atoms with van der Waals surface area (Å²) in [6.45, 7) is 4.34. The van der Waals surface area contributed by atoms with Gasteiger partial charge in [0.1, 0.15) is 5.75 Å². The maximum Gasteiger partial charge on any atom is 0.229 e. The number of aryl methyl sites for hydroxylation is 2. The molecule has 0 amide bonds. The van der Waals surface area contributed by atoms with Crippen LogP contribution in [0.4, 0.5) is 11.6 Å². The highest BCUT2D eigenvalue weighted by Crippen LogP contribution is 2.10. The Kier molecular flexibility index (Phi) is 7.29. The van der Waals surface area contributed by atoms with Crippen molar-refractivity contribution in [3.63, 3.8) is 0 Å². The zero-order valence-electron chi connectivity index (χ0n) is 16.9. The molecule has 4 N–H and O–H groups in total. The van der Waals surface area contributed by atoms with E-state index < -0.39 is 0 Å². The Morgan fingerprint density at radius 3 is 2.30 bits per heavy atom. The molecule has 8 heteroatoms. The van der Waals surface area contributed by atoms with Crippen LogP contribution in [0.25, 0.3) is 0 Å². The van der Waals surface area contributed by atoms with Crippen molar-refractivity contribution >= 4 is 34.9 Å². The maximum atomic E-state index is 9.42. The van der Waals surface area contributed by atoms with E-state index >= 15 is 0 Å². The highest BCUT2D eigenvalue weighted by Gasteiger charge is 2.07. The van der Waals surface area contributed by atoms with Gasteiger partial charge in [-0.05, 0) is 68.4 Å². The lowest BCUT2D eigenvalue weighted by atomic mass is 10.1. The summed E-state index contributed by atoms with van der Waals surface area (Å²) in [6.07, 6.45) is 0.708. The minimum Gasteiger partial charge on any atom is -0.508 e. The Balaban J connectivity index is 1.71. The number of aromatic hydroxyl groups is 1. The van der Waals surface area contributed by atoms with E-state index in [2.05, 4.69) is 30.9 Å². The number of aromatic nitrogens is 2. The van der Waals surface area contributed by atoms with Crippen LogP contribution < -0.4 is 16.0 Å². The van der Waals surface area contributed by atoms with Crippen molar-refractivity contribution in [3.8, 4) is 5.75 Å². The summed E-state index contributed by atoms with van der Waals surface area (Å²) >= 11 is 5.43. The van der Waals surface area contributed by atoms with E-state index in [-0.39, 0.29) is 5.75 Å². The Labute approximate surface area is 181 Å². The quantitative estimate of drug-likeness (QED) is 0.283. The van der Waals surface area contributed by atoms with Crippen LogP contribution in [-0.4, -0.2) is 32.7 Å². The molecule has 2 aromatic carbocycles. The van der Waals surface area contributed by atoms with Crippen LogP contribution in [-0.2, 0) is 6.42 Å². The van der Waals surface area contributed by atoms with Crippen molar-refractivity contribution in [3.05, 3.63) is 77.6 Å². The second kappa shape index (κ2) is 10.3. The zero-order valence-corrected chi connectivity index (χ0v) is 17.7. The fourth-order valence-electron chi connectivity index (χ4n) is 2.75. The molecule has 0 aliphatic rings. The summed E-state index contributed by atoms with van der Waals surface area (Å²) < 4.78 is 0. The van der Waals surface area contributed by atoms with E-state index in [9.17, 15) is 5.11 Å². The van der Waals surface area contributed by atoms with E-state index in [1.165, 1.54) is 0 Å². The highest BCUT2D eigenvalue weighted by molar-refractivity contribution is 7.80. The highest BCUT2D eigenvalue weighted by atomic mass is 32.1. The van der Waals surface area contributed by atoms with Crippen molar-refractivity contribution in [1.29, 1.82) is 0 Å². The molecule has 0 fully saturated rings. The number of benzene rings is 2. The number of guanidine groups is 1. The van der Waals surface area contributed by atoms with E-state index in [1.807, 2.05) is 62.4 Å². The summed E-state index contributed by atoms with van der Waals surface area (Å²) in [5.74, 6) is 1.15. The number of phenolic OH excluding ortho intramolecular Hbond substituents is 1. The molecule has 0 unspecified atom stereocenters. The third kappa shape index (κ3) is 6.82. The van der Waals surface area contributed by atoms with E-state index in [0.717, 1.165) is 22.6 Å². The lowest BCUT2D eigenvalue weighted by Crippen LogP contribution is -2.39. The maximum absolute atomic E-state index is 9.42. The smallest absolute Gasteiger partial charge is 0.229 e. The summed E-state index contributed by atoms with van der Waals surface area (Å²) in [5, 5.41) is 19.2. The van der Waals surface area contributed by atoms with Gasteiger partial charge >= 0.3 is 0 Å². The largest absolute Gasteiger partial charge is 0.508 e. The lowest BCUT2D eigenvalue weighted by molar-refractivity contribution is 0.475.